The van der Waals surface area contributed by atoms with Crippen molar-refractivity contribution in [3.05, 3.63) is 71.4 Å². The molecule has 0 amide bonds. The van der Waals surface area contributed by atoms with Crippen LogP contribution in [0.15, 0.2) is 54.7 Å². The topological polar surface area (TPSA) is 54.1 Å². The molecule has 1 aromatic heterocycles. The molecule has 28 heavy (non-hydrogen) atoms. The molecule has 5 heteroatoms. The van der Waals surface area contributed by atoms with Crippen molar-refractivity contribution in [2.24, 2.45) is 0 Å². The third-order valence-electron chi connectivity index (χ3n) is 4.92. The maximum atomic E-state index is 13.0. The predicted octanol–water partition coefficient (Wildman–Crippen LogP) is 4.99. The van der Waals surface area contributed by atoms with E-state index in [1.165, 1.54) is 11.1 Å². The normalized spacial score (nSPS) is 13.7. The molecule has 4 nitrogen and oxygen atoms in total. The van der Waals surface area contributed by atoms with Crippen molar-refractivity contribution in [1.82, 2.24) is 10.3 Å². The van der Waals surface area contributed by atoms with Crippen LogP contribution in [0.2, 0.25) is 0 Å². The predicted molar refractivity (Wildman–Crippen MR) is 117 cm³/mol. The summed E-state index contributed by atoms with van der Waals surface area (Å²) in [6, 6.07) is 13.3. The molecule has 0 fully saturated rings. The van der Waals surface area contributed by atoms with E-state index in [2.05, 4.69) is 29.5 Å². The van der Waals surface area contributed by atoms with Gasteiger partial charge in [0, 0.05) is 40.3 Å². The van der Waals surface area contributed by atoms with E-state index < -0.39 is 0 Å². The number of aromatic nitrogens is 1. The second-order valence-electron chi connectivity index (χ2n) is 6.85. The van der Waals surface area contributed by atoms with E-state index in [0.717, 1.165) is 42.6 Å². The molecule has 0 saturated heterocycles. The van der Waals surface area contributed by atoms with E-state index in [-0.39, 0.29) is 18.2 Å². The standard InChI is InChI=1S/C23H24N2O2.ClH/c1-2-12-27-19-5-3-4-17(13-19)23(26)18-6-7-22-20(14-18)21(15-25-22)16-8-10-24-11-9-16;/h3-8,13-15,24-25H,2,9-12H2,1H3;1H. The summed E-state index contributed by atoms with van der Waals surface area (Å²) in [5, 5.41) is 4.45. The Labute approximate surface area is 171 Å². The molecule has 2 aromatic carbocycles. The van der Waals surface area contributed by atoms with Crippen LogP contribution in [-0.2, 0) is 0 Å². The highest BCUT2D eigenvalue weighted by Crippen LogP contribution is 2.29. The summed E-state index contributed by atoms with van der Waals surface area (Å²) in [7, 11) is 0. The lowest BCUT2D eigenvalue weighted by atomic mass is 9.96. The molecule has 146 valence electrons. The molecule has 0 spiro atoms. The highest BCUT2D eigenvalue weighted by Gasteiger charge is 2.15. The number of hydrogen-bond acceptors (Lipinski definition) is 3. The summed E-state index contributed by atoms with van der Waals surface area (Å²) in [4.78, 5) is 16.4. The third kappa shape index (κ3) is 4.13. The molecular formula is C23H25ClN2O2. The first-order chi connectivity index (χ1) is 13.3. The molecule has 0 saturated carbocycles. The minimum Gasteiger partial charge on any atom is -0.494 e. The van der Waals surface area contributed by atoms with Crippen molar-refractivity contribution in [3.63, 3.8) is 0 Å². The minimum absolute atomic E-state index is 0. The summed E-state index contributed by atoms with van der Waals surface area (Å²) in [5.74, 6) is 0.760. The van der Waals surface area contributed by atoms with Crippen LogP contribution in [-0.4, -0.2) is 30.5 Å². The molecular weight excluding hydrogens is 372 g/mol. The number of rotatable bonds is 6. The fourth-order valence-corrected chi connectivity index (χ4v) is 3.51. The van der Waals surface area contributed by atoms with Crippen molar-refractivity contribution >= 4 is 34.7 Å². The van der Waals surface area contributed by atoms with Crippen LogP contribution in [0.4, 0.5) is 0 Å². The molecule has 2 heterocycles. The Kier molecular flexibility index (Phi) is 6.55. The Hall–Kier alpha value is -2.56. The molecule has 0 radical (unpaired) electrons. The Morgan fingerprint density at radius 1 is 1.14 bits per heavy atom. The smallest absolute Gasteiger partial charge is 0.193 e. The van der Waals surface area contributed by atoms with Crippen molar-refractivity contribution in [3.8, 4) is 5.75 Å². The van der Waals surface area contributed by atoms with Gasteiger partial charge in [-0.3, -0.25) is 4.79 Å². The van der Waals surface area contributed by atoms with Crippen LogP contribution >= 0.6 is 12.4 Å². The average Bonchev–Trinajstić information content (AvgIpc) is 3.16. The summed E-state index contributed by atoms with van der Waals surface area (Å²) in [5.41, 5.74) is 4.94. The fourth-order valence-electron chi connectivity index (χ4n) is 3.51. The number of hydrogen-bond donors (Lipinski definition) is 2. The van der Waals surface area contributed by atoms with E-state index in [1.54, 1.807) is 0 Å². The number of ether oxygens (including phenoxy) is 1. The number of H-pyrrole nitrogens is 1. The van der Waals surface area contributed by atoms with Gasteiger partial charge in [0.1, 0.15) is 5.75 Å². The van der Waals surface area contributed by atoms with Crippen LogP contribution in [0.1, 0.15) is 41.3 Å². The lowest BCUT2D eigenvalue weighted by Crippen LogP contribution is -2.19. The maximum absolute atomic E-state index is 13.0. The Morgan fingerprint density at radius 2 is 2.00 bits per heavy atom. The molecule has 3 aromatic rings. The van der Waals surface area contributed by atoms with Gasteiger partial charge in [-0.15, -0.1) is 12.4 Å². The van der Waals surface area contributed by atoms with Crippen molar-refractivity contribution in [1.29, 1.82) is 0 Å². The van der Waals surface area contributed by atoms with Crippen LogP contribution in [0.25, 0.3) is 16.5 Å². The van der Waals surface area contributed by atoms with Crippen molar-refractivity contribution < 1.29 is 9.53 Å². The molecule has 1 aliphatic rings. The maximum Gasteiger partial charge on any atom is 0.193 e. The number of carbonyl (C=O) groups excluding carboxylic acids is 1. The lowest BCUT2D eigenvalue weighted by molar-refractivity contribution is 0.103. The Morgan fingerprint density at radius 3 is 2.79 bits per heavy atom. The van der Waals surface area contributed by atoms with E-state index in [4.69, 9.17) is 4.74 Å². The van der Waals surface area contributed by atoms with Gasteiger partial charge in [0.2, 0.25) is 0 Å². The number of aromatic amines is 1. The summed E-state index contributed by atoms with van der Waals surface area (Å²) in [6.45, 7) is 4.60. The molecule has 1 aliphatic heterocycles. The van der Waals surface area contributed by atoms with Gasteiger partial charge in [-0.05, 0) is 55.3 Å². The summed E-state index contributed by atoms with van der Waals surface area (Å²) < 4.78 is 5.67. The van der Waals surface area contributed by atoms with E-state index in [0.29, 0.717) is 17.7 Å². The van der Waals surface area contributed by atoms with Crippen molar-refractivity contribution in [2.45, 2.75) is 19.8 Å². The minimum atomic E-state index is 0. The number of halogens is 1. The second kappa shape index (κ2) is 9.09. The fraction of sp³-hybridized carbons (Fsp3) is 0.261. The van der Waals surface area contributed by atoms with Gasteiger partial charge in [-0.25, -0.2) is 0 Å². The third-order valence-corrected chi connectivity index (χ3v) is 4.92. The molecule has 4 rings (SSSR count). The number of fused-ring (bicyclic) bond motifs is 1. The number of nitrogens with one attached hydrogen (secondary N) is 2. The second-order valence-corrected chi connectivity index (χ2v) is 6.85. The largest absolute Gasteiger partial charge is 0.494 e. The van der Waals surface area contributed by atoms with Gasteiger partial charge in [0.25, 0.3) is 0 Å². The molecule has 0 unspecified atom stereocenters. The number of benzene rings is 2. The number of ketones is 1. The summed E-state index contributed by atoms with van der Waals surface area (Å²) >= 11 is 0. The Bertz CT molecular complexity index is 1010. The van der Waals surface area contributed by atoms with Crippen LogP contribution in [0, 0.1) is 0 Å². The molecule has 0 bridgehead atoms. The first-order valence-electron chi connectivity index (χ1n) is 9.55. The van der Waals surface area contributed by atoms with Gasteiger partial charge >= 0.3 is 0 Å². The zero-order chi connectivity index (χ0) is 18.6. The van der Waals surface area contributed by atoms with Crippen LogP contribution in [0.5, 0.6) is 5.75 Å². The first-order valence-corrected chi connectivity index (χ1v) is 9.55. The zero-order valence-electron chi connectivity index (χ0n) is 16.0. The number of carbonyl (C=O) groups is 1. The average molecular weight is 397 g/mol. The highest BCUT2D eigenvalue weighted by molar-refractivity contribution is 6.11. The van der Waals surface area contributed by atoms with Gasteiger partial charge in [0.05, 0.1) is 6.61 Å². The van der Waals surface area contributed by atoms with E-state index in [1.807, 2.05) is 42.5 Å². The molecule has 0 atom stereocenters. The summed E-state index contributed by atoms with van der Waals surface area (Å²) in [6.07, 6.45) is 6.23. The van der Waals surface area contributed by atoms with Gasteiger partial charge in [0.15, 0.2) is 5.78 Å². The highest BCUT2D eigenvalue weighted by atomic mass is 35.5. The zero-order valence-corrected chi connectivity index (χ0v) is 16.8. The Balaban J connectivity index is 0.00000225. The lowest BCUT2D eigenvalue weighted by Gasteiger charge is -2.13. The van der Waals surface area contributed by atoms with Crippen molar-refractivity contribution in [2.75, 3.05) is 19.7 Å². The van der Waals surface area contributed by atoms with Gasteiger partial charge < -0.3 is 15.0 Å². The SMILES string of the molecule is CCCOc1cccc(C(=O)c2ccc3[nH]cc(C4=CCNCC4)c3c2)c1.Cl. The molecule has 0 aliphatic carbocycles. The van der Waals surface area contributed by atoms with E-state index in [9.17, 15) is 4.79 Å². The quantitative estimate of drug-likeness (QED) is 0.577. The van der Waals surface area contributed by atoms with Gasteiger partial charge in [-0.2, -0.15) is 0 Å². The monoisotopic (exact) mass is 396 g/mol. The van der Waals surface area contributed by atoms with Crippen LogP contribution in [0.3, 0.4) is 0 Å². The van der Waals surface area contributed by atoms with Gasteiger partial charge in [-0.1, -0.05) is 25.1 Å². The van der Waals surface area contributed by atoms with E-state index >= 15 is 0 Å². The first kappa shape index (κ1) is 20.2. The molecule has 2 N–H and O–H groups in total. The van der Waals surface area contributed by atoms with Crippen LogP contribution < -0.4 is 10.1 Å².